The van der Waals surface area contributed by atoms with Gasteiger partial charge in [-0.25, -0.2) is 0 Å². The Bertz CT molecular complexity index is 388. The summed E-state index contributed by atoms with van der Waals surface area (Å²) in [6.45, 7) is 3.56. The molecular weight excluding hydrogens is 319 g/mol. The van der Waals surface area contributed by atoms with Crippen molar-refractivity contribution in [1.82, 2.24) is 4.48 Å². The number of nitro groups is 1. The van der Waals surface area contributed by atoms with Crippen LogP contribution >= 0.6 is 0 Å². The molecule has 1 aromatic rings. The molecule has 0 unspecified atom stereocenters. The van der Waals surface area contributed by atoms with Crippen LogP contribution in [0, 0.1) is 24.0 Å². The fourth-order valence-corrected chi connectivity index (χ4v) is 1.61. The summed E-state index contributed by atoms with van der Waals surface area (Å²) < 4.78 is 0.666. The molecule has 0 heterocycles. The Morgan fingerprint density at radius 3 is 1.75 bits per heavy atom. The van der Waals surface area contributed by atoms with Crippen LogP contribution in [0.25, 0.3) is 0 Å². The molecule has 0 fully saturated rings. The number of rotatable bonds is 2. The zero-order chi connectivity index (χ0) is 11.8. The van der Waals surface area contributed by atoms with Gasteiger partial charge in [-0.3, -0.25) is 14.6 Å². The van der Waals surface area contributed by atoms with Crippen molar-refractivity contribution < 1.29 is 28.9 Å². The van der Waals surface area contributed by atoms with Gasteiger partial charge in [0.25, 0.3) is 5.69 Å². The Morgan fingerprint density at radius 2 is 1.50 bits per heavy atom. The van der Waals surface area contributed by atoms with Gasteiger partial charge in [0.15, 0.2) is 0 Å². The number of halogens is 1. The van der Waals surface area contributed by atoms with Gasteiger partial charge in [0.05, 0.1) is 26.1 Å². The molecule has 0 aliphatic rings. The van der Waals surface area contributed by atoms with Crippen LogP contribution in [0.2, 0.25) is 0 Å². The van der Waals surface area contributed by atoms with Crippen molar-refractivity contribution in [2.45, 2.75) is 13.8 Å². The Labute approximate surface area is 113 Å². The molecule has 5 heteroatoms. The molecule has 0 saturated carbocycles. The molecule has 0 bridgehead atoms. The number of nitro benzene ring substituents is 1. The second kappa shape index (κ2) is 5.09. The smallest absolute Gasteiger partial charge is 0.275 e. The highest BCUT2D eigenvalue weighted by molar-refractivity contribution is 5.57. The molecule has 16 heavy (non-hydrogen) atoms. The van der Waals surface area contributed by atoms with Crippen LogP contribution in [0.3, 0.4) is 0 Å². The first-order chi connectivity index (χ1) is 6.73. The lowest BCUT2D eigenvalue weighted by Crippen LogP contribution is -3.00. The van der Waals surface area contributed by atoms with Gasteiger partial charge in [-0.1, -0.05) is 0 Å². The van der Waals surface area contributed by atoms with Crippen molar-refractivity contribution >= 4 is 11.4 Å². The molecule has 0 N–H and O–H groups in total. The first-order valence-corrected chi connectivity index (χ1v) is 4.81. The average Bonchev–Trinajstić information content (AvgIpc) is 1.99. The number of hydrogen-bond donors (Lipinski definition) is 0. The van der Waals surface area contributed by atoms with E-state index < -0.39 is 0 Å². The lowest BCUT2D eigenvalue weighted by Gasteiger charge is -2.24. The van der Waals surface area contributed by atoms with E-state index in [1.807, 2.05) is 33.3 Å². The summed E-state index contributed by atoms with van der Waals surface area (Å²) in [7, 11) is 6.13. The van der Waals surface area contributed by atoms with E-state index in [9.17, 15) is 10.1 Å². The van der Waals surface area contributed by atoms with Gasteiger partial charge in [0.2, 0.25) is 0 Å². The summed E-state index contributed by atoms with van der Waals surface area (Å²) in [5, 5.41) is 10.8. The summed E-state index contributed by atoms with van der Waals surface area (Å²) in [6.07, 6.45) is 0. The quantitative estimate of drug-likeness (QED) is 0.314. The van der Waals surface area contributed by atoms with Crippen LogP contribution in [0.5, 0.6) is 0 Å². The number of aryl methyl sites for hydroxylation is 2. The van der Waals surface area contributed by atoms with E-state index in [1.54, 1.807) is 13.8 Å². The maximum atomic E-state index is 10.8. The highest BCUT2D eigenvalue weighted by Gasteiger charge is 2.20. The van der Waals surface area contributed by atoms with Gasteiger partial charge in [-0.2, -0.15) is 0 Å². The van der Waals surface area contributed by atoms with Gasteiger partial charge in [0.1, 0.15) is 5.69 Å². The molecule has 0 aliphatic heterocycles. The van der Waals surface area contributed by atoms with Crippen molar-refractivity contribution in [2.75, 3.05) is 21.1 Å². The van der Waals surface area contributed by atoms with E-state index in [2.05, 4.69) is 0 Å². The molecule has 1 rings (SSSR count). The molecule has 0 radical (unpaired) electrons. The molecule has 90 valence electrons. The second-order valence-electron chi connectivity index (χ2n) is 4.70. The Morgan fingerprint density at radius 1 is 1.12 bits per heavy atom. The van der Waals surface area contributed by atoms with Crippen molar-refractivity contribution in [3.63, 3.8) is 0 Å². The van der Waals surface area contributed by atoms with Crippen LogP contribution in [0.1, 0.15) is 11.1 Å². The number of hydrogen-bond acceptors (Lipinski definition) is 2. The minimum Gasteiger partial charge on any atom is -1.00 e. The number of nitrogens with zero attached hydrogens (tertiary/aromatic N) is 2. The van der Waals surface area contributed by atoms with Gasteiger partial charge < -0.3 is 24.0 Å². The first kappa shape index (κ1) is 15.3. The minimum atomic E-state index is -0.315. The van der Waals surface area contributed by atoms with E-state index in [-0.39, 0.29) is 34.6 Å². The molecule has 0 aromatic heterocycles. The molecule has 0 saturated heterocycles. The van der Waals surface area contributed by atoms with Crippen LogP contribution < -0.4 is 28.5 Å². The molecule has 0 amide bonds. The molecule has 4 nitrogen and oxygen atoms in total. The predicted octanol–water partition coefficient (Wildman–Crippen LogP) is -0.588. The summed E-state index contributed by atoms with van der Waals surface area (Å²) in [5.74, 6) is 0. The lowest BCUT2D eigenvalue weighted by molar-refractivity contribution is -0.386. The van der Waals surface area contributed by atoms with E-state index in [0.717, 1.165) is 16.8 Å². The van der Waals surface area contributed by atoms with Crippen LogP contribution in [-0.4, -0.2) is 26.1 Å². The average molecular weight is 336 g/mol. The first-order valence-electron chi connectivity index (χ1n) is 4.81. The Balaban J connectivity index is 0.00000225. The second-order valence-corrected chi connectivity index (χ2v) is 4.70. The largest absolute Gasteiger partial charge is 1.00 e. The number of quaternary nitrogens is 1. The third-order valence-electron chi connectivity index (χ3n) is 2.43. The van der Waals surface area contributed by atoms with Crippen molar-refractivity contribution in [3.05, 3.63) is 33.4 Å². The van der Waals surface area contributed by atoms with Gasteiger partial charge in [-0.05, 0) is 13.8 Å². The van der Waals surface area contributed by atoms with Crippen molar-refractivity contribution in [3.8, 4) is 0 Å². The molecule has 0 aliphatic carbocycles. The fourth-order valence-electron chi connectivity index (χ4n) is 1.61. The predicted molar refractivity (Wildman–Crippen MR) is 62.1 cm³/mol. The fraction of sp³-hybridized carbons (Fsp3) is 0.455. The Hall–Kier alpha value is -0.690. The third-order valence-corrected chi connectivity index (χ3v) is 2.43. The zero-order valence-electron chi connectivity index (χ0n) is 10.2. The zero-order valence-corrected chi connectivity index (χ0v) is 12.4. The van der Waals surface area contributed by atoms with Crippen LogP contribution in [-0.2, 0) is 0 Å². The molecule has 0 spiro atoms. The van der Waals surface area contributed by atoms with E-state index >= 15 is 0 Å². The monoisotopic (exact) mass is 336 g/mol. The van der Waals surface area contributed by atoms with E-state index in [4.69, 9.17) is 0 Å². The van der Waals surface area contributed by atoms with Crippen molar-refractivity contribution in [2.24, 2.45) is 0 Å². The summed E-state index contributed by atoms with van der Waals surface area (Å²) >= 11 is 0. The summed E-state index contributed by atoms with van der Waals surface area (Å²) in [6, 6.07) is 3.76. The minimum absolute atomic E-state index is 0. The summed E-state index contributed by atoms with van der Waals surface area (Å²) in [4.78, 5) is 10.5. The van der Waals surface area contributed by atoms with Gasteiger partial charge in [-0.15, -0.1) is 0 Å². The topological polar surface area (TPSA) is 43.1 Å². The van der Waals surface area contributed by atoms with Gasteiger partial charge >= 0.3 is 0 Å². The van der Waals surface area contributed by atoms with Crippen molar-refractivity contribution in [1.29, 1.82) is 0 Å². The van der Waals surface area contributed by atoms with Crippen LogP contribution in [0.15, 0.2) is 12.1 Å². The third kappa shape index (κ3) is 3.15. The maximum absolute atomic E-state index is 10.8. The normalized spacial score (nSPS) is 10.8. The standard InChI is InChI=1S/C11H17N2O2.HI/c1-8-6-10(13(3,4)5)7-9(2)11(8)12(14)15;/h6-7H,1-5H3;1H/q+1;/p-1. The molecular formula is C11H17IN2O2. The highest BCUT2D eigenvalue weighted by Crippen LogP contribution is 2.29. The SMILES string of the molecule is Cc1cc([N+](C)(C)C)cc(C)c1[N+](=O)[O-].[I-]. The van der Waals surface area contributed by atoms with E-state index in [1.165, 1.54) is 0 Å². The molecule has 1 aromatic carbocycles. The maximum Gasteiger partial charge on any atom is 0.275 e. The molecule has 0 atom stereocenters. The van der Waals surface area contributed by atoms with Crippen LogP contribution in [0.4, 0.5) is 11.4 Å². The van der Waals surface area contributed by atoms with Gasteiger partial charge in [0, 0.05) is 23.3 Å². The lowest BCUT2D eigenvalue weighted by atomic mass is 10.1. The van der Waals surface area contributed by atoms with E-state index in [0.29, 0.717) is 4.48 Å². The summed E-state index contributed by atoms with van der Waals surface area (Å²) in [5.41, 5.74) is 2.76. The number of benzene rings is 1. The Kier molecular flexibility index (Phi) is 4.87. The highest BCUT2D eigenvalue weighted by atomic mass is 127.